The number of halogens is 1. The molecular weight excluding hydrogens is 388 g/mol. The van der Waals surface area contributed by atoms with E-state index in [1.807, 2.05) is 37.3 Å². The quantitative estimate of drug-likeness (QED) is 0.460. The molecule has 0 aliphatic heterocycles. The van der Waals surface area contributed by atoms with Crippen molar-refractivity contribution in [3.63, 3.8) is 0 Å². The number of aryl methyl sites for hydroxylation is 1. The molecule has 4 aromatic rings. The molecule has 2 heterocycles. The van der Waals surface area contributed by atoms with Gasteiger partial charge in [0.25, 0.3) is 5.91 Å². The fraction of sp³-hybridized carbons (Fsp3) is 0.0556. The second-order valence-corrected chi connectivity index (χ2v) is 7.89. The number of para-hydroxylation sites is 1. The summed E-state index contributed by atoms with van der Waals surface area (Å²) in [6, 6.07) is 13.3. The van der Waals surface area contributed by atoms with E-state index >= 15 is 0 Å². The number of amides is 1. The molecule has 0 fully saturated rings. The number of aromatic nitrogens is 2. The van der Waals surface area contributed by atoms with Crippen LogP contribution in [0, 0.1) is 6.92 Å². The van der Waals surface area contributed by atoms with Gasteiger partial charge in [-0.25, -0.2) is 9.97 Å². The molecule has 0 saturated carbocycles. The van der Waals surface area contributed by atoms with Gasteiger partial charge in [0, 0.05) is 16.1 Å². The summed E-state index contributed by atoms with van der Waals surface area (Å²) in [4.78, 5) is 21.3. The topological polar surface area (TPSA) is 66.9 Å². The van der Waals surface area contributed by atoms with Gasteiger partial charge in [-0.2, -0.15) is 0 Å². The van der Waals surface area contributed by atoms with Crippen molar-refractivity contribution < 1.29 is 4.79 Å². The molecular formula is C18H13ClN4OS2. The minimum Gasteiger partial charge on any atom is -0.331 e. The van der Waals surface area contributed by atoms with Gasteiger partial charge in [-0.15, -0.1) is 11.3 Å². The van der Waals surface area contributed by atoms with Gasteiger partial charge in [0.1, 0.15) is 5.69 Å². The first kappa shape index (κ1) is 17.0. The molecule has 0 unspecified atom stereocenters. The lowest BCUT2D eigenvalue weighted by molar-refractivity contribution is 0.102. The average molecular weight is 401 g/mol. The fourth-order valence-electron chi connectivity index (χ4n) is 2.43. The number of hydrogen-bond acceptors (Lipinski definition) is 6. The Morgan fingerprint density at radius 1 is 1.12 bits per heavy atom. The van der Waals surface area contributed by atoms with Crippen LogP contribution >= 0.6 is 34.3 Å². The minimum atomic E-state index is -0.280. The Hall–Kier alpha value is -2.48. The molecule has 130 valence electrons. The zero-order valence-electron chi connectivity index (χ0n) is 13.6. The number of carbonyl (C=O) groups excluding carboxylic acids is 1. The highest BCUT2D eigenvalue weighted by Crippen LogP contribution is 2.29. The number of hydrogen-bond donors (Lipinski definition) is 2. The van der Waals surface area contributed by atoms with E-state index in [1.54, 1.807) is 17.5 Å². The van der Waals surface area contributed by atoms with Gasteiger partial charge in [-0.1, -0.05) is 41.1 Å². The predicted octanol–water partition coefficient (Wildman–Crippen LogP) is 5.71. The maximum atomic E-state index is 12.4. The smallest absolute Gasteiger partial charge is 0.276 e. The molecule has 2 N–H and O–H groups in total. The van der Waals surface area contributed by atoms with Crippen LogP contribution in [0.2, 0.25) is 5.02 Å². The third-order valence-corrected chi connectivity index (χ3v) is 5.58. The minimum absolute atomic E-state index is 0.280. The molecule has 26 heavy (non-hydrogen) atoms. The Balaban J connectivity index is 1.49. The Kier molecular flexibility index (Phi) is 4.58. The summed E-state index contributed by atoms with van der Waals surface area (Å²) in [5.41, 5.74) is 3.16. The number of fused-ring (bicyclic) bond motifs is 1. The van der Waals surface area contributed by atoms with Crippen LogP contribution < -0.4 is 10.6 Å². The molecule has 4 rings (SSSR count). The number of anilines is 3. The Bertz CT molecular complexity index is 1110. The van der Waals surface area contributed by atoms with Crippen LogP contribution in [0.5, 0.6) is 0 Å². The molecule has 2 aromatic carbocycles. The number of benzene rings is 2. The van der Waals surface area contributed by atoms with E-state index in [4.69, 9.17) is 11.6 Å². The largest absolute Gasteiger partial charge is 0.331 e. The molecule has 0 aliphatic carbocycles. The maximum absolute atomic E-state index is 12.4. The number of nitrogens with zero attached hydrogens (tertiary/aromatic N) is 2. The molecule has 0 radical (unpaired) electrons. The molecule has 0 spiro atoms. The summed E-state index contributed by atoms with van der Waals surface area (Å²) >= 11 is 8.78. The Labute approximate surface area is 162 Å². The second kappa shape index (κ2) is 7.03. The SMILES string of the molecule is Cc1cccc2sc(NC(=O)c3csc(Nc4cccc(Cl)c4)n3)nc12. The molecule has 0 atom stereocenters. The van der Waals surface area contributed by atoms with E-state index in [1.165, 1.54) is 22.7 Å². The van der Waals surface area contributed by atoms with Gasteiger partial charge in [-0.3, -0.25) is 10.1 Å². The van der Waals surface area contributed by atoms with Crippen molar-refractivity contribution in [2.75, 3.05) is 10.6 Å². The molecule has 0 bridgehead atoms. The first-order valence-corrected chi connectivity index (χ1v) is 9.81. The predicted molar refractivity (Wildman–Crippen MR) is 109 cm³/mol. The van der Waals surface area contributed by atoms with Gasteiger partial charge in [-0.05, 0) is 36.8 Å². The lowest BCUT2D eigenvalue weighted by atomic mass is 10.2. The Morgan fingerprint density at radius 2 is 1.96 bits per heavy atom. The number of nitrogens with one attached hydrogen (secondary N) is 2. The second-order valence-electron chi connectivity index (χ2n) is 5.57. The highest BCUT2D eigenvalue weighted by Gasteiger charge is 2.14. The number of carbonyl (C=O) groups is 1. The third-order valence-electron chi connectivity index (χ3n) is 3.65. The fourth-order valence-corrected chi connectivity index (χ4v) is 4.27. The first-order chi connectivity index (χ1) is 12.6. The van der Waals surface area contributed by atoms with Crippen molar-refractivity contribution in [3.05, 3.63) is 64.1 Å². The zero-order valence-corrected chi connectivity index (χ0v) is 16.0. The lowest BCUT2D eigenvalue weighted by Gasteiger charge is -2.02. The highest BCUT2D eigenvalue weighted by atomic mass is 35.5. The Morgan fingerprint density at radius 3 is 2.77 bits per heavy atom. The summed E-state index contributed by atoms with van der Waals surface area (Å²) < 4.78 is 1.04. The molecule has 0 aliphatic rings. The van der Waals surface area contributed by atoms with E-state index in [0.717, 1.165) is 21.5 Å². The average Bonchev–Trinajstić information content (AvgIpc) is 3.22. The lowest BCUT2D eigenvalue weighted by Crippen LogP contribution is -2.12. The van der Waals surface area contributed by atoms with Gasteiger partial charge < -0.3 is 5.32 Å². The molecule has 2 aromatic heterocycles. The van der Waals surface area contributed by atoms with Crippen LogP contribution in [-0.4, -0.2) is 15.9 Å². The van der Waals surface area contributed by atoms with Gasteiger partial charge in [0.2, 0.25) is 0 Å². The van der Waals surface area contributed by atoms with E-state index in [-0.39, 0.29) is 5.91 Å². The van der Waals surface area contributed by atoms with Crippen LogP contribution in [-0.2, 0) is 0 Å². The highest BCUT2D eigenvalue weighted by molar-refractivity contribution is 7.22. The van der Waals surface area contributed by atoms with Crippen molar-refractivity contribution in [2.24, 2.45) is 0 Å². The van der Waals surface area contributed by atoms with Crippen LogP contribution in [0.1, 0.15) is 16.1 Å². The van der Waals surface area contributed by atoms with Crippen molar-refractivity contribution in [3.8, 4) is 0 Å². The van der Waals surface area contributed by atoms with Crippen molar-refractivity contribution >= 4 is 66.3 Å². The summed E-state index contributed by atoms with van der Waals surface area (Å²) in [7, 11) is 0. The van der Waals surface area contributed by atoms with Gasteiger partial charge in [0.15, 0.2) is 10.3 Å². The van der Waals surface area contributed by atoms with E-state index in [0.29, 0.717) is 21.0 Å². The van der Waals surface area contributed by atoms with Crippen molar-refractivity contribution in [1.29, 1.82) is 0 Å². The summed E-state index contributed by atoms with van der Waals surface area (Å²) in [6.45, 7) is 2.00. The summed E-state index contributed by atoms with van der Waals surface area (Å²) in [6.07, 6.45) is 0. The monoisotopic (exact) mass is 400 g/mol. The standard InChI is InChI=1S/C18H13ClN4OS2/c1-10-4-2-7-14-15(10)22-18(26-14)23-16(24)13-9-25-17(21-13)20-12-6-3-5-11(19)8-12/h2-9H,1H3,(H,20,21)(H,22,23,24). The maximum Gasteiger partial charge on any atom is 0.276 e. The van der Waals surface area contributed by atoms with Gasteiger partial charge in [0.05, 0.1) is 10.2 Å². The van der Waals surface area contributed by atoms with E-state index in [9.17, 15) is 4.79 Å². The van der Waals surface area contributed by atoms with Crippen LogP contribution in [0.15, 0.2) is 47.8 Å². The molecule has 8 heteroatoms. The zero-order chi connectivity index (χ0) is 18.1. The molecule has 1 amide bonds. The van der Waals surface area contributed by atoms with Crippen LogP contribution in [0.4, 0.5) is 16.0 Å². The van der Waals surface area contributed by atoms with Crippen LogP contribution in [0.25, 0.3) is 10.2 Å². The summed E-state index contributed by atoms with van der Waals surface area (Å²) in [5.74, 6) is -0.280. The third kappa shape index (κ3) is 3.55. The van der Waals surface area contributed by atoms with E-state index < -0.39 is 0 Å². The molecule has 0 saturated heterocycles. The molecule has 5 nitrogen and oxygen atoms in total. The van der Waals surface area contributed by atoms with E-state index in [2.05, 4.69) is 20.6 Å². The number of thiazole rings is 2. The van der Waals surface area contributed by atoms with Gasteiger partial charge >= 0.3 is 0 Å². The summed E-state index contributed by atoms with van der Waals surface area (Å²) in [5, 5.41) is 9.50. The number of rotatable bonds is 4. The van der Waals surface area contributed by atoms with Crippen LogP contribution in [0.3, 0.4) is 0 Å². The van der Waals surface area contributed by atoms with Crippen molar-refractivity contribution in [2.45, 2.75) is 6.92 Å². The normalized spacial score (nSPS) is 10.8. The van der Waals surface area contributed by atoms with Crippen molar-refractivity contribution in [1.82, 2.24) is 9.97 Å². The first-order valence-electron chi connectivity index (χ1n) is 7.74.